The number of likely N-dealkylation sites (tertiary alicyclic amines) is 1. The van der Waals surface area contributed by atoms with Crippen molar-refractivity contribution in [2.75, 3.05) is 20.1 Å². The first kappa shape index (κ1) is 16.8. The summed E-state index contributed by atoms with van der Waals surface area (Å²) in [7, 11) is 1.74. The van der Waals surface area contributed by atoms with Crippen LogP contribution >= 0.6 is 11.3 Å². The molecule has 0 unspecified atom stereocenters. The fourth-order valence-corrected chi connectivity index (χ4v) is 5.45. The summed E-state index contributed by atoms with van der Waals surface area (Å²) in [6, 6.07) is 11.1. The molecule has 2 heterocycles. The van der Waals surface area contributed by atoms with E-state index < -0.39 is 0 Å². The van der Waals surface area contributed by atoms with Gasteiger partial charge in [-0.15, -0.1) is 0 Å². The zero-order chi connectivity index (χ0) is 17.3. The van der Waals surface area contributed by atoms with Crippen molar-refractivity contribution in [3.05, 3.63) is 57.8 Å². The molecule has 132 valence electrons. The standard InChI is InChI=1S/C21H26N2OS/c1-22-20(24)12-17-13-21(19-5-3-2-4-18(17)19)7-9-23(10-8-21)14-16-6-11-25-15-16/h2-6,11,15,17H,7-10,12-14H2,1H3,(H,22,24)/t17-/m0/s1. The predicted molar refractivity (Wildman–Crippen MR) is 103 cm³/mol. The summed E-state index contributed by atoms with van der Waals surface area (Å²) in [5.41, 5.74) is 4.64. The van der Waals surface area contributed by atoms with Gasteiger partial charge in [0.2, 0.25) is 5.91 Å². The van der Waals surface area contributed by atoms with Crippen molar-refractivity contribution in [2.24, 2.45) is 0 Å². The van der Waals surface area contributed by atoms with Gasteiger partial charge in [-0.3, -0.25) is 9.69 Å². The Balaban J connectivity index is 1.50. The third-order valence-electron chi connectivity index (χ3n) is 6.12. The van der Waals surface area contributed by atoms with E-state index in [0.717, 1.165) is 26.1 Å². The maximum atomic E-state index is 12.0. The molecule has 3 nitrogen and oxygen atoms in total. The summed E-state index contributed by atoms with van der Waals surface area (Å²) in [5.74, 6) is 0.534. The molecule has 1 saturated heterocycles. The molecule has 1 aliphatic heterocycles. The van der Waals surface area contributed by atoms with Gasteiger partial charge in [0.15, 0.2) is 0 Å². The molecule has 1 aromatic heterocycles. The smallest absolute Gasteiger partial charge is 0.220 e. The van der Waals surface area contributed by atoms with Gasteiger partial charge in [0.1, 0.15) is 0 Å². The number of hydrogen-bond acceptors (Lipinski definition) is 3. The topological polar surface area (TPSA) is 32.3 Å². The Labute approximate surface area is 154 Å². The Kier molecular flexibility index (Phi) is 4.65. The SMILES string of the molecule is CNC(=O)C[C@H]1CC2(CCN(Cc3ccsc3)CC2)c2ccccc21. The van der Waals surface area contributed by atoms with Crippen molar-refractivity contribution >= 4 is 17.2 Å². The lowest BCUT2D eigenvalue weighted by Gasteiger charge is -2.40. The van der Waals surface area contributed by atoms with Gasteiger partial charge in [-0.25, -0.2) is 0 Å². The van der Waals surface area contributed by atoms with Crippen LogP contribution in [0.1, 0.15) is 48.3 Å². The van der Waals surface area contributed by atoms with Crippen LogP contribution in [0.25, 0.3) is 0 Å². The molecule has 1 atom stereocenters. The minimum absolute atomic E-state index is 0.159. The number of nitrogens with one attached hydrogen (secondary N) is 1. The number of piperidine rings is 1. The fourth-order valence-electron chi connectivity index (χ4n) is 4.79. The van der Waals surface area contributed by atoms with Crippen LogP contribution in [0.3, 0.4) is 0 Å². The zero-order valence-electron chi connectivity index (χ0n) is 14.8. The molecular formula is C21H26N2OS. The summed E-state index contributed by atoms with van der Waals surface area (Å²) in [6.45, 7) is 3.37. The van der Waals surface area contributed by atoms with Crippen molar-refractivity contribution in [3.63, 3.8) is 0 Å². The highest BCUT2D eigenvalue weighted by Crippen LogP contribution is 2.52. The van der Waals surface area contributed by atoms with Gasteiger partial charge in [-0.2, -0.15) is 11.3 Å². The molecular weight excluding hydrogens is 328 g/mol. The maximum absolute atomic E-state index is 12.0. The minimum atomic E-state index is 0.159. The lowest BCUT2D eigenvalue weighted by Crippen LogP contribution is -2.41. The molecule has 2 aliphatic rings. The average molecular weight is 355 g/mol. The Morgan fingerprint density at radius 1 is 1.28 bits per heavy atom. The second-order valence-corrected chi connectivity index (χ2v) is 8.33. The van der Waals surface area contributed by atoms with Crippen molar-refractivity contribution in [1.82, 2.24) is 10.2 Å². The summed E-state index contributed by atoms with van der Waals surface area (Å²) >= 11 is 1.78. The number of amides is 1. The third kappa shape index (κ3) is 3.25. The van der Waals surface area contributed by atoms with E-state index in [1.165, 1.54) is 29.5 Å². The van der Waals surface area contributed by atoms with E-state index in [-0.39, 0.29) is 11.3 Å². The van der Waals surface area contributed by atoms with E-state index in [4.69, 9.17) is 0 Å². The van der Waals surface area contributed by atoms with Crippen molar-refractivity contribution in [1.29, 1.82) is 0 Å². The van der Waals surface area contributed by atoms with Crippen LogP contribution in [0.15, 0.2) is 41.1 Å². The minimum Gasteiger partial charge on any atom is -0.359 e. The molecule has 4 rings (SSSR count). The molecule has 1 amide bonds. The van der Waals surface area contributed by atoms with Gasteiger partial charge in [-0.1, -0.05) is 24.3 Å². The van der Waals surface area contributed by atoms with Gasteiger partial charge in [0.05, 0.1) is 0 Å². The Bertz CT molecular complexity index is 732. The monoisotopic (exact) mass is 354 g/mol. The Morgan fingerprint density at radius 3 is 2.80 bits per heavy atom. The lowest BCUT2D eigenvalue weighted by molar-refractivity contribution is -0.121. The van der Waals surface area contributed by atoms with Gasteiger partial charge >= 0.3 is 0 Å². The fraction of sp³-hybridized carbons (Fsp3) is 0.476. The largest absolute Gasteiger partial charge is 0.359 e. The number of hydrogen-bond donors (Lipinski definition) is 1. The van der Waals surface area contributed by atoms with Crippen molar-refractivity contribution in [2.45, 2.75) is 43.6 Å². The first-order chi connectivity index (χ1) is 12.2. The second-order valence-electron chi connectivity index (χ2n) is 7.55. The van der Waals surface area contributed by atoms with Crippen LogP contribution in [0.4, 0.5) is 0 Å². The van der Waals surface area contributed by atoms with E-state index in [2.05, 4.69) is 51.3 Å². The molecule has 1 spiro atoms. The summed E-state index contributed by atoms with van der Waals surface area (Å²) in [6.07, 6.45) is 4.16. The first-order valence-electron chi connectivity index (χ1n) is 9.24. The number of thiophene rings is 1. The van der Waals surface area contributed by atoms with E-state index >= 15 is 0 Å². The molecule has 1 aliphatic carbocycles. The summed E-state index contributed by atoms with van der Waals surface area (Å²) in [4.78, 5) is 14.5. The van der Waals surface area contributed by atoms with Crippen LogP contribution in [-0.2, 0) is 16.8 Å². The Morgan fingerprint density at radius 2 is 2.08 bits per heavy atom. The van der Waals surface area contributed by atoms with Gasteiger partial charge in [-0.05, 0) is 77.2 Å². The molecule has 0 bridgehead atoms. The van der Waals surface area contributed by atoms with Gasteiger partial charge in [0, 0.05) is 20.0 Å². The molecule has 0 radical (unpaired) electrons. The van der Waals surface area contributed by atoms with E-state index in [9.17, 15) is 4.79 Å². The van der Waals surface area contributed by atoms with Crippen LogP contribution in [0.5, 0.6) is 0 Å². The van der Waals surface area contributed by atoms with Crippen LogP contribution in [-0.4, -0.2) is 30.9 Å². The third-order valence-corrected chi connectivity index (χ3v) is 6.85. The number of nitrogens with zero attached hydrogens (tertiary/aromatic N) is 1. The molecule has 2 aromatic rings. The molecule has 25 heavy (non-hydrogen) atoms. The Hall–Kier alpha value is -1.65. The van der Waals surface area contributed by atoms with Gasteiger partial charge in [0.25, 0.3) is 0 Å². The van der Waals surface area contributed by atoms with E-state index in [1.54, 1.807) is 18.4 Å². The average Bonchev–Trinajstić information content (AvgIpc) is 3.25. The quantitative estimate of drug-likeness (QED) is 0.903. The van der Waals surface area contributed by atoms with Gasteiger partial charge < -0.3 is 5.32 Å². The zero-order valence-corrected chi connectivity index (χ0v) is 15.6. The molecule has 1 N–H and O–H groups in total. The number of fused-ring (bicyclic) bond motifs is 2. The maximum Gasteiger partial charge on any atom is 0.220 e. The predicted octanol–water partition coefficient (Wildman–Crippen LogP) is 3.91. The summed E-state index contributed by atoms with van der Waals surface area (Å²) in [5, 5.41) is 7.22. The number of carbonyl (C=O) groups is 1. The lowest BCUT2D eigenvalue weighted by atomic mass is 9.73. The molecule has 4 heteroatoms. The van der Waals surface area contributed by atoms with Crippen molar-refractivity contribution in [3.8, 4) is 0 Å². The highest BCUT2D eigenvalue weighted by molar-refractivity contribution is 7.07. The first-order valence-corrected chi connectivity index (χ1v) is 10.2. The van der Waals surface area contributed by atoms with E-state index in [0.29, 0.717) is 12.3 Å². The second kappa shape index (κ2) is 6.93. The highest BCUT2D eigenvalue weighted by atomic mass is 32.1. The van der Waals surface area contributed by atoms with E-state index in [1.807, 2.05) is 0 Å². The molecule has 1 fully saturated rings. The van der Waals surface area contributed by atoms with Crippen LogP contribution < -0.4 is 5.32 Å². The number of carbonyl (C=O) groups excluding carboxylic acids is 1. The normalized spacial score (nSPS) is 22.0. The number of rotatable bonds is 4. The highest BCUT2D eigenvalue weighted by Gasteiger charge is 2.45. The van der Waals surface area contributed by atoms with Crippen LogP contribution in [0.2, 0.25) is 0 Å². The summed E-state index contributed by atoms with van der Waals surface area (Å²) < 4.78 is 0. The van der Waals surface area contributed by atoms with Crippen LogP contribution in [0, 0.1) is 0 Å². The number of benzene rings is 1. The molecule has 0 saturated carbocycles. The van der Waals surface area contributed by atoms with Crippen molar-refractivity contribution < 1.29 is 4.79 Å². The molecule has 1 aromatic carbocycles.